The van der Waals surface area contributed by atoms with Crippen molar-refractivity contribution in [3.05, 3.63) is 101 Å². The molecule has 0 heterocycles. The molecule has 0 spiro atoms. The third-order valence-electron chi connectivity index (χ3n) is 6.04. The highest BCUT2D eigenvalue weighted by Gasteiger charge is 2.32. The second kappa shape index (κ2) is 8.72. The number of halogens is 9. The van der Waals surface area contributed by atoms with Gasteiger partial charge in [-0.2, -0.15) is 8.78 Å². The molecule has 0 radical (unpaired) electrons. The molecule has 0 aliphatic heterocycles. The first-order valence-electron chi connectivity index (χ1n) is 10.5. The summed E-state index contributed by atoms with van der Waals surface area (Å²) < 4.78 is 138. The second-order valence-electron chi connectivity index (χ2n) is 7.97. The fourth-order valence-corrected chi connectivity index (χ4v) is 4.52. The lowest BCUT2D eigenvalue weighted by Crippen LogP contribution is -2.05. The summed E-state index contributed by atoms with van der Waals surface area (Å²) in [6.07, 6.45) is 0. The average molecular weight is 522 g/mol. The molecule has 188 valence electrons. The minimum atomic E-state index is -1.88. The summed E-state index contributed by atoms with van der Waals surface area (Å²) in [5.74, 6) is -17.3. The standard InChI is InChI=1S/C27H11F9O/c1-37-27-25(35)23(33)19(24(34)26(27)36)16-10-5-2-3-6-11(10)18(17-12(16)7-4-8-13(17)28)20-21(31)14(29)9-15(30)22(20)32/h2-9H,1H3. The van der Waals surface area contributed by atoms with E-state index in [1.165, 1.54) is 18.2 Å². The lowest BCUT2D eigenvalue weighted by atomic mass is 9.85. The van der Waals surface area contributed by atoms with Crippen molar-refractivity contribution in [3.8, 4) is 28.0 Å². The van der Waals surface area contributed by atoms with E-state index in [2.05, 4.69) is 4.74 Å². The number of fused-ring (bicyclic) bond motifs is 2. The highest BCUT2D eigenvalue weighted by atomic mass is 19.2. The van der Waals surface area contributed by atoms with Gasteiger partial charge in [-0.25, -0.2) is 30.7 Å². The van der Waals surface area contributed by atoms with Crippen LogP contribution in [0, 0.1) is 52.4 Å². The van der Waals surface area contributed by atoms with E-state index < -0.39 is 91.1 Å². The summed E-state index contributed by atoms with van der Waals surface area (Å²) in [7, 11) is 0.788. The van der Waals surface area contributed by atoms with Gasteiger partial charge in [-0.15, -0.1) is 0 Å². The Hall–Kier alpha value is -4.21. The fraction of sp³-hybridized carbons (Fsp3) is 0.0370. The normalized spacial score (nSPS) is 11.5. The molecule has 5 aromatic rings. The molecule has 0 saturated heterocycles. The van der Waals surface area contributed by atoms with E-state index in [-0.39, 0.29) is 16.8 Å². The van der Waals surface area contributed by atoms with E-state index in [1.54, 1.807) is 0 Å². The van der Waals surface area contributed by atoms with Crippen LogP contribution >= 0.6 is 0 Å². The number of ether oxygens (including phenoxy) is 1. The van der Waals surface area contributed by atoms with Gasteiger partial charge in [0.05, 0.1) is 18.2 Å². The Kier molecular flexibility index (Phi) is 5.77. The maximum Gasteiger partial charge on any atom is 0.204 e. The summed E-state index contributed by atoms with van der Waals surface area (Å²) in [5.41, 5.74) is -3.76. The van der Waals surface area contributed by atoms with Gasteiger partial charge in [-0.05, 0) is 22.2 Å². The molecule has 5 rings (SSSR count). The molecule has 1 nitrogen and oxygen atoms in total. The molecular weight excluding hydrogens is 511 g/mol. The van der Waals surface area contributed by atoms with E-state index in [0.717, 1.165) is 31.4 Å². The maximum atomic E-state index is 15.3. The van der Waals surface area contributed by atoms with Gasteiger partial charge < -0.3 is 4.74 Å². The van der Waals surface area contributed by atoms with E-state index in [0.29, 0.717) is 0 Å². The first kappa shape index (κ1) is 24.5. The van der Waals surface area contributed by atoms with E-state index >= 15 is 13.2 Å². The third kappa shape index (κ3) is 3.42. The lowest BCUT2D eigenvalue weighted by Gasteiger charge is -2.20. The number of hydrogen-bond donors (Lipinski definition) is 0. The number of methoxy groups -OCH3 is 1. The number of hydrogen-bond acceptors (Lipinski definition) is 1. The predicted octanol–water partition coefficient (Wildman–Crippen LogP) is 8.59. The van der Waals surface area contributed by atoms with Crippen LogP contribution in [0.3, 0.4) is 0 Å². The van der Waals surface area contributed by atoms with Crippen molar-refractivity contribution in [2.24, 2.45) is 0 Å². The minimum Gasteiger partial charge on any atom is -0.491 e. The molecule has 37 heavy (non-hydrogen) atoms. The summed E-state index contributed by atoms with van der Waals surface area (Å²) in [4.78, 5) is 0. The Morgan fingerprint density at radius 2 is 0.946 bits per heavy atom. The van der Waals surface area contributed by atoms with Crippen molar-refractivity contribution < 1.29 is 44.3 Å². The third-order valence-corrected chi connectivity index (χ3v) is 6.04. The fourth-order valence-electron chi connectivity index (χ4n) is 4.52. The number of rotatable bonds is 3. The average Bonchev–Trinajstić information content (AvgIpc) is 2.88. The molecule has 0 bridgehead atoms. The van der Waals surface area contributed by atoms with Gasteiger partial charge >= 0.3 is 0 Å². The Labute approximate surface area is 202 Å². The zero-order valence-corrected chi connectivity index (χ0v) is 18.4. The van der Waals surface area contributed by atoms with Crippen LogP contribution < -0.4 is 4.74 Å². The Morgan fingerprint density at radius 3 is 1.49 bits per heavy atom. The summed E-state index contributed by atoms with van der Waals surface area (Å²) in [6.45, 7) is 0. The van der Waals surface area contributed by atoms with Crippen molar-refractivity contribution in [1.82, 2.24) is 0 Å². The molecule has 0 aromatic heterocycles. The SMILES string of the molecule is COc1c(F)c(F)c(-c2c3ccccc3c(-c3c(F)c(F)cc(F)c3F)c3c(F)cccc23)c(F)c1F. The highest BCUT2D eigenvalue weighted by molar-refractivity contribution is 6.21. The first-order valence-corrected chi connectivity index (χ1v) is 10.5. The molecule has 5 aromatic carbocycles. The largest absolute Gasteiger partial charge is 0.491 e. The first-order chi connectivity index (χ1) is 17.6. The van der Waals surface area contributed by atoms with Crippen molar-refractivity contribution in [2.75, 3.05) is 7.11 Å². The molecule has 0 fully saturated rings. The van der Waals surface area contributed by atoms with Crippen LogP contribution in [0.4, 0.5) is 39.5 Å². The molecule has 0 atom stereocenters. The molecule has 10 heteroatoms. The zero-order chi connectivity index (χ0) is 26.8. The summed E-state index contributed by atoms with van der Waals surface area (Å²) in [6, 6.07) is 7.91. The van der Waals surface area contributed by atoms with Crippen LogP contribution in [0.2, 0.25) is 0 Å². The van der Waals surface area contributed by atoms with Crippen LogP contribution in [-0.4, -0.2) is 7.11 Å². The van der Waals surface area contributed by atoms with E-state index in [9.17, 15) is 26.3 Å². The van der Waals surface area contributed by atoms with Gasteiger partial charge in [-0.1, -0.05) is 36.4 Å². The van der Waals surface area contributed by atoms with Crippen LogP contribution in [0.1, 0.15) is 0 Å². The monoisotopic (exact) mass is 522 g/mol. The molecule has 0 aliphatic carbocycles. The van der Waals surface area contributed by atoms with Crippen molar-refractivity contribution in [1.29, 1.82) is 0 Å². The van der Waals surface area contributed by atoms with Crippen molar-refractivity contribution in [2.45, 2.75) is 0 Å². The molecule has 0 aliphatic rings. The topological polar surface area (TPSA) is 9.23 Å². The van der Waals surface area contributed by atoms with Crippen molar-refractivity contribution >= 4 is 21.5 Å². The van der Waals surface area contributed by atoms with E-state index in [4.69, 9.17) is 0 Å². The van der Waals surface area contributed by atoms with Gasteiger partial charge in [-0.3, -0.25) is 0 Å². The van der Waals surface area contributed by atoms with E-state index in [1.807, 2.05) is 0 Å². The molecule has 0 unspecified atom stereocenters. The van der Waals surface area contributed by atoms with Gasteiger partial charge in [0, 0.05) is 22.6 Å². The summed E-state index contributed by atoms with van der Waals surface area (Å²) >= 11 is 0. The minimum absolute atomic E-state index is 0.0308. The predicted molar refractivity (Wildman–Crippen MR) is 119 cm³/mol. The van der Waals surface area contributed by atoms with Crippen LogP contribution in [0.25, 0.3) is 43.8 Å². The Bertz CT molecular complexity index is 1710. The van der Waals surface area contributed by atoms with Crippen LogP contribution in [-0.2, 0) is 0 Å². The smallest absolute Gasteiger partial charge is 0.204 e. The van der Waals surface area contributed by atoms with Crippen molar-refractivity contribution in [3.63, 3.8) is 0 Å². The zero-order valence-electron chi connectivity index (χ0n) is 18.4. The van der Waals surface area contributed by atoms with Gasteiger partial charge in [0.2, 0.25) is 11.6 Å². The van der Waals surface area contributed by atoms with Crippen LogP contribution in [0.5, 0.6) is 5.75 Å². The number of benzene rings is 5. The Balaban J connectivity index is 2.10. The lowest BCUT2D eigenvalue weighted by molar-refractivity contribution is 0.334. The van der Waals surface area contributed by atoms with Gasteiger partial charge in [0.15, 0.2) is 40.7 Å². The maximum absolute atomic E-state index is 15.3. The molecule has 0 saturated carbocycles. The second-order valence-corrected chi connectivity index (χ2v) is 7.97. The molecule has 0 N–H and O–H groups in total. The molecular formula is C27H11F9O. The summed E-state index contributed by atoms with van der Waals surface area (Å²) in [5, 5.41) is -1.71. The quantitative estimate of drug-likeness (QED) is 0.131. The highest BCUT2D eigenvalue weighted by Crippen LogP contribution is 2.48. The Morgan fingerprint density at radius 1 is 0.459 bits per heavy atom. The molecule has 0 amide bonds. The van der Waals surface area contributed by atoms with Gasteiger partial charge in [0.25, 0.3) is 0 Å². The van der Waals surface area contributed by atoms with Gasteiger partial charge in [0.1, 0.15) is 5.82 Å². The van der Waals surface area contributed by atoms with Crippen LogP contribution in [0.15, 0.2) is 48.5 Å².